The third-order valence-corrected chi connectivity index (χ3v) is 5.27. The molecule has 0 aliphatic carbocycles. The van der Waals surface area contributed by atoms with Gasteiger partial charge in [-0.25, -0.2) is 14.6 Å². The Balaban J connectivity index is 1.60. The van der Waals surface area contributed by atoms with Crippen molar-refractivity contribution in [1.29, 1.82) is 0 Å². The number of aromatic nitrogens is 4. The molecule has 1 aromatic carbocycles. The maximum Gasteiger partial charge on any atom is 0.168 e. The van der Waals surface area contributed by atoms with Gasteiger partial charge in [-0.1, -0.05) is 6.07 Å². The molecular formula is C19H19N7OS. The minimum absolute atomic E-state index is 0.597. The Labute approximate surface area is 166 Å². The van der Waals surface area contributed by atoms with E-state index >= 15 is 0 Å². The topological polar surface area (TPSA) is 80.5 Å². The molecule has 0 unspecified atom stereocenters. The molecule has 0 aliphatic heterocycles. The Morgan fingerprint density at radius 3 is 2.89 bits per heavy atom. The minimum Gasteiger partial charge on any atom is -0.497 e. The zero-order chi connectivity index (χ0) is 19.5. The Morgan fingerprint density at radius 2 is 2.11 bits per heavy atom. The SMILES string of the molecule is COc1cccc(-n2ncc3c(NN=Cc4ccc(N(C)C)s4)ncnc32)c1. The first-order chi connectivity index (χ1) is 13.7. The van der Waals surface area contributed by atoms with Crippen LogP contribution in [0.25, 0.3) is 16.7 Å². The van der Waals surface area contributed by atoms with Crippen LogP contribution in [-0.2, 0) is 0 Å². The second-order valence-electron chi connectivity index (χ2n) is 6.16. The van der Waals surface area contributed by atoms with Crippen molar-refractivity contribution in [2.75, 3.05) is 31.5 Å². The van der Waals surface area contributed by atoms with E-state index in [1.807, 2.05) is 44.4 Å². The van der Waals surface area contributed by atoms with Crippen LogP contribution in [0.3, 0.4) is 0 Å². The summed E-state index contributed by atoms with van der Waals surface area (Å²) in [5, 5.41) is 10.7. The van der Waals surface area contributed by atoms with Crippen molar-refractivity contribution in [2.45, 2.75) is 0 Å². The van der Waals surface area contributed by atoms with Crippen molar-refractivity contribution in [3.63, 3.8) is 0 Å². The van der Waals surface area contributed by atoms with Crippen LogP contribution in [-0.4, -0.2) is 47.2 Å². The largest absolute Gasteiger partial charge is 0.497 e. The number of hydrazone groups is 1. The molecule has 0 aliphatic rings. The Morgan fingerprint density at radius 1 is 1.21 bits per heavy atom. The van der Waals surface area contributed by atoms with Gasteiger partial charge in [-0.15, -0.1) is 11.3 Å². The molecule has 9 heteroatoms. The number of hydrogen-bond donors (Lipinski definition) is 1. The number of nitrogens with zero attached hydrogens (tertiary/aromatic N) is 6. The third kappa shape index (κ3) is 3.52. The lowest BCUT2D eigenvalue weighted by Crippen LogP contribution is -2.05. The highest BCUT2D eigenvalue weighted by atomic mass is 32.1. The number of ether oxygens (including phenoxy) is 1. The lowest BCUT2D eigenvalue weighted by atomic mass is 10.3. The molecule has 0 amide bonds. The fourth-order valence-electron chi connectivity index (χ4n) is 2.67. The van der Waals surface area contributed by atoms with Crippen LogP contribution in [0.5, 0.6) is 5.75 Å². The fourth-order valence-corrected chi connectivity index (χ4v) is 3.47. The maximum atomic E-state index is 5.29. The van der Waals surface area contributed by atoms with Crippen molar-refractivity contribution in [1.82, 2.24) is 19.7 Å². The summed E-state index contributed by atoms with van der Waals surface area (Å²) < 4.78 is 7.04. The molecule has 0 saturated heterocycles. The molecule has 0 atom stereocenters. The first-order valence-electron chi connectivity index (χ1n) is 8.55. The number of rotatable bonds is 6. The van der Waals surface area contributed by atoms with E-state index in [1.165, 1.54) is 11.3 Å². The van der Waals surface area contributed by atoms with E-state index in [4.69, 9.17) is 4.74 Å². The molecule has 0 saturated carbocycles. The van der Waals surface area contributed by atoms with Gasteiger partial charge in [0.05, 0.1) is 35.6 Å². The average Bonchev–Trinajstić information content (AvgIpc) is 3.36. The van der Waals surface area contributed by atoms with Crippen LogP contribution in [0.1, 0.15) is 4.88 Å². The lowest BCUT2D eigenvalue weighted by Gasteiger charge is -2.06. The van der Waals surface area contributed by atoms with Gasteiger partial charge in [-0.3, -0.25) is 5.43 Å². The summed E-state index contributed by atoms with van der Waals surface area (Å²) in [6.45, 7) is 0. The van der Waals surface area contributed by atoms with Crippen LogP contribution >= 0.6 is 11.3 Å². The predicted octanol–water partition coefficient (Wildman–Crippen LogP) is 3.40. The van der Waals surface area contributed by atoms with Gasteiger partial charge in [0.15, 0.2) is 11.5 Å². The number of fused-ring (bicyclic) bond motifs is 1. The molecule has 1 N–H and O–H groups in total. The van der Waals surface area contributed by atoms with E-state index in [9.17, 15) is 0 Å². The van der Waals surface area contributed by atoms with E-state index in [-0.39, 0.29) is 0 Å². The summed E-state index contributed by atoms with van der Waals surface area (Å²) in [5.41, 5.74) is 4.54. The Bertz CT molecular complexity index is 1130. The molecule has 4 aromatic rings. The van der Waals surface area contributed by atoms with Crippen LogP contribution in [0.4, 0.5) is 10.8 Å². The first kappa shape index (κ1) is 17.9. The van der Waals surface area contributed by atoms with E-state index in [1.54, 1.807) is 35.5 Å². The molecule has 0 bridgehead atoms. The normalized spacial score (nSPS) is 11.2. The maximum absolute atomic E-state index is 5.29. The first-order valence-corrected chi connectivity index (χ1v) is 9.37. The number of hydrogen-bond acceptors (Lipinski definition) is 8. The van der Waals surface area contributed by atoms with Gasteiger partial charge in [0.25, 0.3) is 0 Å². The molecule has 8 nitrogen and oxygen atoms in total. The second-order valence-corrected chi connectivity index (χ2v) is 7.25. The standard InChI is InChI=1S/C19H19N7OS/c1-25(2)17-8-7-15(28-17)10-22-24-18-16-11-23-26(19(16)21-12-20-18)13-5-4-6-14(9-13)27-3/h4-12H,1-3H3,(H,20,21,24). The quantitative estimate of drug-likeness (QED) is 0.399. The highest BCUT2D eigenvalue weighted by Gasteiger charge is 2.11. The summed E-state index contributed by atoms with van der Waals surface area (Å²) in [4.78, 5) is 11.8. The Hall–Kier alpha value is -3.46. The predicted molar refractivity (Wildman–Crippen MR) is 113 cm³/mol. The van der Waals surface area contributed by atoms with Gasteiger partial charge in [-0.05, 0) is 24.3 Å². The van der Waals surface area contributed by atoms with Crippen molar-refractivity contribution in [2.24, 2.45) is 5.10 Å². The van der Waals surface area contributed by atoms with E-state index in [2.05, 4.69) is 36.6 Å². The lowest BCUT2D eigenvalue weighted by molar-refractivity contribution is 0.414. The van der Waals surface area contributed by atoms with Gasteiger partial charge in [0, 0.05) is 25.0 Å². The van der Waals surface area contributed by atoms with E-state index in [0.717, 1.165) is 21.7 Å². The molecule has 0 spiro atoms. The summed E-state index contributed by atoms with van der Waals surface area (Å²) in [6, 6.07) is 11.7. The molecular weight excluding hydrogens is 374 g/mol. The summed E-state index contributed by atoms with van der Waals surface area (Å²) in [5.74, 6) is 1.35. The number of benzene rings is 1. The van der Waals surface area contributed by atoms with Crippen molar-refractivity contribution >= 4 is 39.4 Å². The molecule has 142 valence electrons. The molecule has 0 radical (unpaired) electrons. The van der Waals surface area contributed by atoms with Crippen molar-refractivity contribution < 1.29 is 4.74 Å². The zero-order valence-corrected chi connectivity index (χ0v) is 16.5. The third-order valence-electron chi connectivity index (χ3n) is 4.08. The molecule has 28 heavy (non-hydrogen) atoms. The van der Waals surface area contributed by atoms with Crippen molar-refractivity contribution in [3.8, 4) is 11.4 Å². The highest BCUT2D eigenvalue weighted by Crippen LogP contribution is 2.24. The monoisotopic (exact) mass is 393 g/mol. The summed E-state index contributed by atoms with van der Waals surface area (Å²) in [7, 11) is 5.67. The van der Waals surface area contributed by atoms with Gasteiger partial charge >= 0.3 is 0 Å². The zero-order valence-electron chi connectivity index (χ0n) is 15.7. The van der Waals surface area contributed by atoms with Gasteiger partial charge < -0.3 is 9.64 Å². The van der Waals surface area contributed by atoms with Gasteiger partial charge in [-0.2, -0.15) is 10.2 Å². The van der Waals surface area contributed by atoms with Crippen LogP contribution in [0.15, 0.2) is 54.0 Å². The average molecular weight is 393 g/mol. The summed E-state index contributed by atoms with van der Waals surface area (Å²) >= 11 is 1.66. The van der Waals surface area contributed by atoms with E-state index in [0.29, 0.717) is 11.5 Å². The number of thiophene rings is 1. The minimum atomic E-state index is 0.597. The summed E-state index contributed by atoms with van der Waals surface area (Å²) in [6.07, 6.45) is 4.99. The van der Waals surface area contributed by atoms with Gasteiger partial charge in [0.2, 0.25) is 0 Å². The molecule has 3 heterocycles. The Kier molecular flexibility index (Phi) is 4.90. The number of methoxy groups -OCH3 is 1. The number of nitrogens with one attached hydrogen (secondary N) is 1. The molecule has 3 aromatic heterocycles. The van der Waals surface area contributed by atoms with Gasteiger partial charge in [0.1, 0.15) is 12.1 Å². The van der Waals surface area contributed by atoms with E-state index < -0.39 is 0 Å². The second kappa shape index (κ2) is 7.65. The molecule has 4 rings (SSSR count). The van der Waals surface area contributed by atoms with Crippen LogP contribution in [0.2, 0.25) is 0 Å². The number of anilines is 2. The van der Waals surface area contributed by atoms with Crippen LogP contribution in [0, 0.1) is 0 Å². The smallest absolute Gasteiger partial charge is 0.168 e. The highest BCUT2D eigenvalue weighted by molar-refractivity contribution is 7.17. The van der Waals surface area contributed by atoms with Crippen LogP contribution < -0.4 is 15.1 Å². The fraction of sp³-hybridized carbons (Fsp3) is 0.158. The van der Waals surface area contributed by atoms with Crippen molar-refractivity contribution in [3.05, 3.63) is 53.8 Å². The molecule has 0 fully saturated rings.